The van der Waals surface area contributed by atoms with Crippen molar-refractivity contribution in [3.63, 3.8) is 0 Å². The number of sulfone groups is 1. The summed E-state index contributed by atoms with van der Waals surface area (Å²) in [5, 5.41) is 9.96. The Morgan fingerprint density at radius 1 is 1.24 bits per heavy atom. The summed E-state index contributed by atoms with van der Waals surface area (Å²) in [6, 6.07) is 6.99. The van der Waals surface area contributed by atoms with Gasteiger partial charge in [-0.1, -0.05) is 18.2 Å². The number of hydrogen-bond donors (Lipinski definition) is 1. The lowest BCUT2D eigenvalue weighted by molar-refractivity contribution is 0.0694. The van der Waals surface area contributed by atoms with Crippen molar-refractivity contribution in [2.75, 3.05) is 24.6 Å². The van der Waals surface area contributed by atoms with Gasteiger partial charge in [0.25, 0.3) is 0 Å². The quantitative estimate of drug-likeness (QED) is 0.921. The second kappa shape index (κ2) is 5.16. The van der Waals surface area contributed by atoms with E-state index in [2.05, 4.69) is 0 Å². The Hall–Kier alpha value is -1.86. The summed E-state index contributed by atoms with van der Waals surface area (Å²) in [6.45, 7) is 1.11. The second-order valence-electron chi connectivity index (χ2n) is 5.13. The van der Waals surface area contributed by atoms with Crippen LogP contribution in [-0.4, -0.2) is 49.0 Å². The van der Waals surface area contributed by atoms with Gasteiger partial charge in [0.15, 0.2) is 9.84 Å². The number of aromatic carboxylic acids is 1. The molecular formula is C14H15NO5S. The summed E-state index contributed by atoms with van der Waals surface area (Å²) >= 11 is 0. The SMILES string of the molecule is O=C(O)c1c(CN2CCS(=O)(=O)CC2)oc2ccccc12. The molecule has 0 amide bonds. The maximum Gasteiger partial charge on any atom is 0.339 e. The van der Waals surface area contributed by atoms with Gasteiger partial charge in [-0.3, -0.25) is 4.90 Å². The molecular weight excluding hydrogens is 294 g/mol. The zero-order valence-electron chi connectivity index (χ0n) is 11.3. The third-order valence-electron chi connectivity index (χ3n) is 3.69. The molecule has 21 heavy (non-hydrogen) atoms. The summed E-state index contributed by atoms with van der Waals surface area (Å²) < 4.78 is 28.5. The highest BCUT2D eigenvalue weighted by Gasteiger charge is 2.26. The minimum Gasteiger partial charge on any atom is -0.478 e. The van der Waals surface area contributed by atoms with Crippen molar-refractivity contribution in [1.82, 2.24) is 4.90 Å². The van der Waals surface area contributed by atoms with Gasteiger partial charge in [0, 0.05) is 18.5 Å². The van der Waals surface area contributed by atoms with Crippen molar-refractivity contribution in [3.8, 4) is 0 Å². The van der Waals surface area contributed by atoms with Crippen molar-refractivity contribution < 1.29 is 22.7 Å². The van der Waals surface area contributed by atoms with Gasteiger partial charge >= 0.3 is 5.97 Å². The van der Waals surface area contributed by atoms with Gasteiger partial charge in [-0.05, 0) is 6.07 Å². The van der Waals surface area contributed by atoms with Crippen LogP contribution in [-0.2, 0) is 16.4 Å². The Labute approximate surface area is 121 Å². The summed E-state index contributed by atoms with van der Waals surface area (Å²) in [5.41, 5.74) is 0.702. The lowest BCUT2D eigenvalue weighted by atomic mass is 10.1. The van der Waals surface area contributed by atoms with Gasteiger partial charge in [-0.15, -0.1) is 0 Å². The molecule has 112 valence electrons. The van der Waals surface area contributed by atoms with E-state index < -0.39 is 15.8 Å². The fourth-order valence-electron chi connectivity index (χ4n) is 2.55. The number of para-hydroxylation sites is 1. The van der Waals surface area contributed by atoms with Crippen molar-refractivity contribution >= 4 is 26.8 Å². The molecule has 0 spiro atoms. The molecule has 1 saturated heterocycles. The van der Waals surface area contributed by atoms with E-state index in [0.717, 1.165) is 0 Å². The number of fused-ring (bicyclic) bond motifs is 1. The minimum atomic E-state index is -2.95. The molecule has 6 nitrogen and oxygen atoms in total. The first kappa shape index (κ1) is 14.1. The molecule has 1 aliphatic rings. The Bertz CT molecular complexity index is 779. The van der Waals surface area contributed by atoms with Crippen LogP contribution in [0.2, 0.25) is 0 Å². The highest BCUT2D eigenvalue weighted by atomic mass is 32.2. The molecule has 3 rings (SSSR count). The molecule has 2 aromatic rings. The maximum atomic E-state index is 11.5. The normalized spacial score (nSPS) is 18.9. The largest absolute Gasteiger partial charge is 0.478 e. The van der Waals surface area contributed by atoms with Gasteiger partial charge in [-0.2, -0.15) is 0 Å². The molecule has 0 atom stereocenters. The highest BCUT2D eigenvalue weighted by Crippen LogP contribution is 2.27. The zero-order valence-corrected chi connectivity index (χ0v) is 12.1. The Morgan fingerprint density at radius 3 is 2.57 bits per heavy atom. The van der Waals surface area contributed by atoms with Crippen LogP contribution >= 0.6 is 0 Å². The minimum absolute atomic E-state index is 0.107. The van der Waals surface area contributed by atoms with Gasteiger partial charge < -0.3 is 9.52 Å². The van der Waals surface area contributed by atoms with Crippen molar-refractivity contribution in [2.45, 2.75) is 6.54 Å². The number of carboxylic acid groups (broad SMARTS) is 1. The van der Waals surface area contributed by atoms with Crippen LogP contribution in [0.4, 0.5) is 0 Å². The van der Waals surface area contributed by atoms with Gasteiger partial charge in [0.05, 0.1) is 18.1 Å². The van der Waals surface area contributed by atoms with Crippen LogP contribution in [0.5, 0.6) is 0 Å². The van der Waals surface area contributed by atoms with Crippen LogP contribution in [0.25, 0.3) is 11.0 Å². The van der Waals surface area contributed by atoms with Crippen LogP contribution in [0.1, 0.15) is 16.1 Å². The van der Waals surface area contributed by atoms with Gasteiger partial charge in [0.1, 0.15) is 16.9 Å². The summed E-state index contributed by atoms with van der Waals surface area (Å²) in [6.07, 6.45) is 0. The molecule has 2 heterocycles. The fraction of sp³-hybridized carbons (Fsp3) is 0.357. The molecule has 0 unspecified atom stereocenters. The van der Waals surface area contributed by atoms with E-state index in [0.29, 0.717) is 36.4 Å². The molecule has 1 aromatic heterocycles. The zero-order chi connectivity index (χ0) is 15.0. The first-order valence-electron chi connectivity index (χ1n) is 6.63. The number of rotatable bonds is 3. The molecule has 1 aliphatic heterocycles. The topological polar surface area (TPSA) is 87.8 Å². The molecule has 0 aliphatic carbocycles. The van der Waals surface area contributed by atoms with Crippen molar-refractivity contribution in [3.05, 3.63) is 35.6 Å². The monoisotopic (exact) mass is 309 g/mol. The van der Waals surface area contributed by atoms with Crippen LogP contribution in [0.15, 0.2) is 28.7 Å². The molecule has 1 fully saturated rings. The molecule has 7 heteroatoms. The average molecular weight is 309 g/mol. The van der Waals surface area contributed by atoms with E-state index in [1.807, 2.05) is 4.90 Å². The molecule has 1 N–H and O–H groups in total. The first-order valence-corrected chi connectivity index (χ1v) is 8.45. The lowest BCUT2D eigenvalue weighted by Gasteiger charge is -2.25. The van der Waals surface area contributed by atoms with E-state index >= 15 is 0 Å². The number of benzene rings is 1. The maximum absolute atomic E-state index is 11.5. The van der Waals surface area contributed by atoms with Gasteiger partial charge in [-0.25, -0.2) is 13.2 Å². The highest BCUT2D eigenvalue weighted by molar-refractivity contribution is 7.91. The van der Waals surface area contributed by atoms with E-state index in [9.17, 15) is 18.3 Å². The molecule has 1 aromatic carbocycles. The van der Waals surface area contributed by atoms with Crippen molar-refractivity contribution in [2.24, 2.45) is 0 Å². The van der Waals surface area contributed by atoms with E-state index in [-0.39, 0.29) is 17.1 Å². The summed E-state index contributed by atoms with van der Waals surface area (Å²) in [7, 11) is -2.95. The predicted molar refractivity (Wildman–Crippen MR) is 77.1 cm³/mol. The molecule has 0 bridgehead atoms. The van der Waals surface area contributed by atoms with E-state index in [4.69, 9.17) is 4.42 Å². The van der Waals surface area contributed by atoms with Crippen LogP contribution in [0.3, 0.4) is 0 Å². The smallest absolute Gasteiger partial charge is 0.339 e. The standard InChI is InChI=1S/C14H15NO5S/c16-14(17)13-10-3-1-2-4-11(10)20-12(13)9-15-5-7-21(18,19)8-6-15/h1-4H,5-9H2,(H,16,17). The van der Waals surface area contributed by atoms with E-state index in [1.54, 1.807) is 24.3 Å². The Kier molecular flexibility index (Phi) is 3.46. The summed E-state index contributed by atoms with van der Waals surface area (Å²) in [5.74, 6) is -0.437. The second-order valence-corrected chi connectivity index (χ2v) is 7.43. The first-order chi connectivity index (χ1) is 9.96. The third kappa shape index (κ3) is 2.79. The van der Waals surface area contributed by atoms with Gasteiger partial charge in [0.2, 0.25) is 0 Å². The molecule has 0 radical (unpaired) electrons. The number of nitrogens with zero attached hydrogens (tertiary/aromatic N) is 1. The van der Waals surface area contributed by atoms with Crippen molar-refractivity contribution in [1.29, 1.82) is 0 Å². The average Bonchev–Trinajstić information content (AvgIpc) is 2.79. The molecule has 0 saturated carbocycles. The number of hydrogen-bond acceptors (Lipinski definition) is 5. The van der Waals surface area contributed by atoms with Crippen LogP contribution in [0, 0.1) is 0 Å². The Morgan fingerprint density at radius 2 is 1.90 bits per heavy atom. The number of furan rings is 1. The number of carbonyl (C=O) groups is 1. The third-order valence-corrected chi connectivity index (χ3v) is 5.30. The predicted octanol–water partition coefficient (Wildman–Crippen LogP) is 1.36. The Balaban J connectivity index is 1.90. The lowest BCUT2D eigenvalue weighted by Crippen LogP contribution is -2.39. The fourth-order valence-corrected chi connectivity index (χ4v) is 3.83. The summed E-state index contributed by atoms with van der Waals surface area (Å²) in [4.78, 5) is 13.4. The number of carboxylic acids is 1. The van der Waals surface area contributed by atoms with E-state index in [1.165, 1.54) is 0 Å². The van der Waals surface area contributed by atoms with Crippen LogP contribution < -0.4 is 0 Å².